The summed E-state index contributed by atoms with van der Waals surface area (Å²) in [6, 6.07) is 3.24. The number of aliphatic carboxylic acids is 1. The average molecular weight is 236 g/mol. The molecular weight excluding hydrogens is 220 g/mol. The van der Waals surface area contributed by atoms with Crippen LogP contribution in [0, 0.1) is 6.92 Å². The van der Waals surface area contributed by atoms with Gasteiger partial charge in [0.15, 0.2) is 0 Å². The van der Waals surface area contributed by atoms with Crippen LogP contribution in [-0.4, -0.2) is 41.9 Å². The Labute approximate surface area is 100 Å². The minimum atomic E-state index is -0.827. The molecule has 1 aromatic rings. The number of nitrogens with zero attached hydrogens (tertiary/aromatic N) is 2. The van der Waals surface area contributed by atoms with Crippen LogP contribution in [0.4, 0.5) is 5.82 Å². The fourth-order valence-corrected chi connectivity index (χ4v) is 2.09. The summed E-state index contributed by atoms with van der Waals surface area (Å²) in [5.41, 5.74) is 1.06. The van der Waals surface area contributed by atoms with Gasteiger partial charge in [0, 0.05) is 26.3 Å². The van der Waals surface area contributed by atoms with Crippen LogP contribution in [0.2, 0.25) is 0 Å². The van der Waals surface area contributed by atoms with Gasteiger partial charge in [0.25, 0.3) is 0 Å². The minimum absolute atomic E-state index is 0.0424. The van der Waals surface area contributed by atoms with Crippen molar-refractivity contribution < 1.29 is 14.6 Å². The number of rotatable bonds is 3. The highest BCUT2D eigenvalue weighted by Gasteiger charge is 2.37. The van der Waals surface area contributed by atoms with E-state index in [2.05, 4.69) is 4.98 Å². The molecule has 1 aliphatic rings. The van der Waals surface area contributed by atoms with E-state index in [0.29, 0.717) is 18.8 Å². The highest BCUT2D eigenvalue weighted by Crippen LogP contribution is 2.25. The molecule has 17 heavy (non-hydrogen) atoms. The van der Waals surface area contributed by atoms with E-state index in [-0.39, 0.29) is 6.10 Å². The maximum Gasteiger partial charge on any atom is 0.326 e. The van der Waals surface area contributed by atoms with Crippen LogP contribution in [0.3, 0.4) is 0 Å². The van der Waals surface area contributed by atoms with Crippen LogP contribution < -0.4 is 4.90 Å². The summed E-state index contributed by atoms with van der Waals surface area (Å²) >= 11 is 0. The third-order valence-corrected chi connectivity index (χ3v) is 3.07. The molecule has 2 unspecified atom stereocenters. The molecule has 1 fully saturated rings. The van der Waals surface area contributed by atoms with Crippen molar-refractivity contribution in [2.24, 2.45) is 0 Å². The van der Waals surface area contributed by atoms with E-state index in [4.69, 9.17) is 4.74 Å². The van der Waals surface area contributed by atoms with E-state index in [0.717, 1.165) is 5.56 Å². The Morgan fingerprint density at radius 3 is 2.88 bits per heavy atom. The quantitative estimate of drug-likeness (QED) is 0.850. The van der Waals surface area contributed by atoms with E-state index >= 15 is 0 Å². The van der Waals surface area contributed by atoms with Crippen molar-refractivity contribution in [1.29, 1.82) is 0 Å². The average Bonchev–Trinajstić information content (AvgIpc) is 2.74. The van der Waals surface area contributed by atoms with Crippen LogP contribution in [0.5, 0.6) is 0 Å². The predicted molar refractivity (Wildman–Crippen MR) is 63.2 cm³/mol. The normalized spacial score (nSPS) is 24.0. The molecule has 1 saturated heterocycles. The zero-order valence-corrected chi connectivity index (χ0v) is 9.96. The Kier molecular flexibility index (Phi) is 3.28. The van der Waals surface area contributed by atoms with Crippen molar-refractivity contribution in [2.75, 3.05) is 18.6 Å². The molecule has 5 nitrogen and oxygen atoms in total. The van der Waals surface area contributed by atoms with Crippen molar-refractivity contribution in [3.05, 3.63) is 23.9 Å². The van der Waals surface area contributed by atoms with Crippen LogP contribution >= 0.6 is 0 Å². The maximum absolute atomic E-state index is 11.2. The largest absolute Gasteiger partial charge is 0.480 e. The number of hydrogen-bond donors (Lipinski definition) is 1. The zero-order chi connectivity index (χ0) is 12.4. The van der Waals surface area contributed by atoms with Crippen LogP contribution in [0.25, 0.3) is 0 Å². The summed E-state index contributed by atoms with van der Waals surface area (Å²) in [6.07, 6.45) is 2.20. The number of carboxylic acid groups (broad SMARTS) is 1. The molecular formula is C12H16N2O3. The molecule has 92 valence electrons. The lowest BCUT2D eigenvalue weighted by molar-refractivity contribution is -0.138. The Hall–Kier alpha value is -1.62. The molecule has 1 aromatic heterocycles. The Balaban J connectivity index is 2.23. The van der Waals surface area contributed by atoms with Crippen molar-refractivity contribution >= 4 is 11.8 Å². The molecule has 0 radical (unpaired) electrons. The van der Waals surface area contributed by atoms with Crippen LogP contribution in [0.1, 0.15) is 12.0 Å². The van der Waals surface area contributed by atoms with E-state index in [1.54, 1.807) is 18.2 Å². The van der Waals surface area contributed by atoms with Gasteiger partial charge in [-0.25, -0.2) is 9.78 Å². The number of aromatic nitrogens is 1. The van der Waals surface area contributed by atoms with Gasteiger partial charge in [-0.05, 0) is 18.6 Å². The lowest BCUT2D eigenvalue weighted by Gasteiger charge is -2.22. The number of carbonyl (C=O) groups is 1. The third kappa shape index (κ3) is 2.39. The van der Waals surface area contributed by atoms with Crippen LogP contribution in [0.15, 0.2) is 18.3 Å². The molecule has 2 atom stereocenters. The van der Waals surface area contributed by atoms with Gasteiger partial charge in [-0.3, -0.25) is 0 Å². The summed E-state index contributed by atoms with van der Waals surface area (Å²) < 4.78 is 5.23. The first-order valence-corrected chi connectivity index (χ1v) is 5.56. The summed E-state index contributed by atoms with van der Waals surface area (Å²) in [5.74, 6) is -0.130. The molecule has 1 aliphatic heterocycles. The molecule has 0 amide bonds. The summed E-state index contributed by atoms with van der Waals surface area (Å²) in [6.45, 7) is 2.52. The van der Waals surface area contributed by atoms with Gasteiger partial charge >= 0.3 is 5.97 Å². The lowest BCUT2D eigenvalue weighted by atomic mass is 10.2. The van der Waals surface area contributed by atoms with Crippen molar-refractivity contribution in [2.45, 2.75) is 25.5 Å². The fraction of sp³-hybridized carbons (Fsp3) is 0.500. The molecule has 0 aliphatic carbocycles. The number of anilines is 1. The van der Waals surface area contributed by atoms with E-state index in [1.807, 2.05) is 19.1 Å². The standard InChI is InChI=1S/C12H16N2O3/c1-8-3-4-11(13-6-8)14-7-9(17-2)5-10(14)12(15)16/h3-4,6,9-10H,5,7H2,1-2H3,(H,15,16). The number of carboxylic acids is 1. The maximum atomic E-state index is 11.2. The second-order valence-electron chi connectivity index (χ2n) is 4.29. The second kappa shape index (κ2) is 4.71. The molecule has 2 heterocycles. The van der Waals surface area contributed by atoms with Gasteiger partial charge in [0.1, 0.15) is 11.9 Å². The highest BCUT2D eigenvalue weighted by atomic mass is 16.5. The highest BCUT2D eigenvalue weighted by molar-refractivity contribution is 5.78. The zero-order valence-electron chi connectivity index (χ0n) is 9.96. The number of ether oxygens (including phenoxy) is 1. The summed E-state index contributed by atoms with van der Waals surface area (Å²) in [7, 11) is 1.61. The SMILES string of the molecule is COC1CC(C(=O)O)N(c2ccc(C)cn2)C1. The Morgan fingerprint density at radius 2 is 2.35 bits per heavy atom. The van der Waals surface area contributed by atoms with Gasteiger partial charge in [-0.2, -0.15) is 0 Å². The molecule has 0 saturated carbocycles. The monoisotopic (exact) mass is 236 g/mol. The smallest absolute Gasteiger partial charge is 0.326 e. The molecule has 0 aromatic carbocycles. The topological polar surface area (TPSA) is 62.7 Å². The van der Waals surface area contributed by atoms with Crippen molar-refractivity contribution in [3.8, 4) is 0 Å². The number of methoxy groups -OCH3 is 1. The van der Waals surface area contributed by atoms with E-state index in [9.17, 15) is 9.90 Å². The Morgan fingerprint density at radius 1 is 1.59 bits per heavy atom. The van der Waals surface area contributed by atoms with Gasteiger partial charge < -0.3 is 14.7 Å². The predicted octanol–water partition coefficient (Wildman–Crippen LogP) is 1.07. The van der Waals surface area contributed by atoms with Gasteiger partial charge in [0.2, 0.25) is 0 Å². The number of aryl methyl sites for hydroxylation is 1. The first-order valence-electron chi connectivity index (χ1n) is 5.56. The van der Waals surface area contributed by atoms with E-state index < -0.39 is 12.0 Å². The molecule has 1 N–H and O–H groups in total. The minimum Gasteiger partial charge on any atom is -0.480 e. The molecule has 2 rings (SSSR count). The number of hydrogen-bond acceptors (Lipinski definition) is 4. The van der Waals surface area contributed by atoms with E-state index in [1.165, 1.54) is 0 Å². The lowest BCUT2D eigenvalue weighted by Crippen LogP contribution is -2.36. The first-order chi connectivity index (χ1) is 8.11. The third-order valence-electron chi connectivity index (χ3n) is 3.07. The Bertz CT molecular complexity index is 405. The fourth-order valence-electron chi connectivity index (χ4n) is 2.09. The van der Waals surface area contributed by atoms with Gasteiger partial charge in [-0.1, -0.05) is 6.07 Å². The van der Waals surface area contributed by atoms with Crippen molar-refractivity contribution in [3.63, 3.8) is 0 Å². The van der Waals surface area contributed by atoms with Gasteiger partial charge in [-0.15, -0.1) is 0 Å². The van der Waals surface area contributed by atoms with Gasteiger partial charge in [0.05, 0.1) is 6.10 Å². The summed E-state index contributed by atoms with van der Waals surface area (Å²) in [5, 5.41) is 9.19. The molecule has 5 heteroatoms. The first kappa shape index (κ1) is 11.9. The summed E-state index contributed by atoms with van der Waals surface area (Å²) in [4.78, 5) is 17.2. The molecule has 0 spiro atoms. The van der Waals surface area contributed by atoms with Crippen LogP contribution in [-0.2, 0) is 9.53 Å². The number of pyridine rings is 1. The second-order valence-corrected chi connectivity index (χ2v) is 4.29. The molecule has 0 bridgehead atoms. The van der Waals surface area contributed by atoms with Crippen molar-refractivity contribution in [1.82, 2.24) is 4.98 Å².